The number of morpholine rings is 1. The molecule has 1 aromatic rings. The molecule has 1 atom stereocenters. The van der Waals surface area contributed by atoms with Gasteiger partial charge in [-0.2, -0.15) is 0 Å². The lowest BCUT2D eigenvalue weighted by atomic mass is 10.2. The maximum Gasteiger partial charge on any atom is 0.244 e. The third-order valence-electron chi connectivity index (χ3n) is 3.29. The van der Waals surface area contributed by atoms with Crippen LogP contribution in [0.3, 0.4) is 0 Å². The van der Waals surface area contributed by atoms with Gasteiger partial charge in [-0.05, 0) is 22.9 Å². The predicted molar refractivity (Wildman–Crippen MR) is 84.3 cm³/mol. The van der Waals surface area contributed by atoms with Crippen LogP contribution < -0.4 is 5.32 Å². The number of rotatable bonds is 4. The Balaban J connectivity index is 2.04. The third kappa shape index (κ3) is 4.38. The first-order valence-corrected chi connectivity index (χ1v) is 7.94. The zero-order valence-electron chi connectivity index (χ0n) is 12.6. The van der Waals surface area contributed by atoms with Crippen molar-refractivity contribution < 1.29 is 9.53 Å². The Bertz CT molecular complexity index is 504. The van der Waals surface area contributed by atoms with Gasteiger partial charge in [-0.1, -0.05) is 13.8 Å². The van der Waals surface area contributed by atoms with Crippen molar-refractivity contribution in [3.8, 4) is 0 Å². The third-order valence-corrected chi connectivity index (χ3v) is 3.69. The van der Waals surface area contributed by atoms with Gasteiger partial charge in [0.25, 0.3) is 0 Å². The molecule has 1 unspecified atom stereocenters. The average molecular weight is 357 g/mol. The highest BCUT2D eigenvalue weighted by Crippen LogP contribution is 2.18. The number of nitrogens with zero attached hydrogens (tertiary/aromatic N) is 3. The molecule has 21 heavy (non-hydrogen) atoms. The summed E-state index contributed by atoms with van der Waals surface area (Å²) in [5, 5.41) is 3.16. The lowest BCUT2D eigenvalue weighted by Crippen LogP contribution is -2.47. The lowest BCUT2D eigenvalue weighted by molar-refractivity contribution is -0.135. The Morgan fingerprint density at radius 1 is 1.33 bits per heavy atom. The molecule has 1 N–H and O–H groups in total. The molecule has 6 nitrogen and oxygen atoms in total. The SMILES string of the molecule is CC(Nc1cc(Br)nc(C(C)C)n1)C(=O)N1CCOCC1. The minimum Gasteiger partial charge on any atom is -0.378 e. The summed E-state index contributed by atoms with van der Waals surface area (Å²) in [5.74, 6) is 1.71. The van der Waals surface area contributed by atoms with Crippen LogP contribution in [0.15, 0.2) is 10.7 Å². The van der Waals surface area contributed by atoms with Gasteiger partial charge in [0.05, 0.1) is 13.2 Å². The molecular formula is C14H21BrN4O2. The second kappa shape index (κ2) is 7.17. The average Bonchev–Trinajstić information content (AvgIpc) is 2.46. The Hall–Kier alpha value is -1.21. The van der Waals surface area contributed by atoms with E-state index < -0.39 is 0 Å². The molecule has 1 aliphatic rings. The number of hydrogen-bond acceptors (Lipinski definition) is 5. The minimum absolute atomic E-state index is 0.0686. The summed E-state index contributed by atoms with van der Waals surface area (Å²) in [6.07, 6.45) is 0. The minimum atomic E-state index is -0.329. The van der Waals surface area contributed by atoms with Crippen molar-refractivity contribution in [1.29, 1.82) is 0 Å². The van der Waals surface area contributed by atoms with E-state index in [1.54, 1.807) is 6.07 Å². The smallest absolute Gasteiger partial charge is 0.244 e. The molecule has 0 aliphatic carbocycles. The number of carbonyl (C=O) groups is 1. The van der Waals surface area contributed by atoms with E-state index in [0.717, 1.165) is 10.4 Å². The molecule has 1 saturated heterocycles. The van der Waals surface area contributed by atoms with Gasteiger partial charge in [0.2, 0.25) is 5.91 Å². The first-order valence-electron chi connectivity index (χ1n) is 7.15. The number of aromatic nitrogens is 2. The van der Waals surface area contributed by atoms with E-state index in [-0.39, 0.29) is 17.9 Å². The van der Waals surface area contributed by atoms with E-state index in [1.165, 1.54) is 0 Å². The molecule has 0 spiro atoms. The van der Waals surface area contributed by atoms with E-state index in [1.807, 2.05) is 25.7 Å². The van der Waals surface area contributed by atoms with Crippen LogP contribution in [0.2, 0.25) is 0 Å². The van der Waals surface area contributed by atoms with Gasteiger partial charge in [-0.25, -0.2) is 9.97 Å². The van der Waals surface area contributed by atoms with Crippen molar-refractivity contribution in [2.45, 2.75) is 32.7 Å². The fraction of sp³-hybridized carbons (Fsp3) is 0.643. The summed E-state index contributed by atoms with van der Waals surface area (Å²) >= 11 is 3.38. The predicted octanol–water partition coefficient (Wildman–Crippen LogP) is 2.02. The zero-order valence-corrected chi connectivity index (χ0v) is 14.2. The second-order valence-corrected chi connectivity index (χ2v) is 6.20. The van der Waals surface area contributed by atoms with Crippen molar-refractivity contribution in [2.75, 3.05) is 31.6 Å². The summed E-state index contributed by atoms with van der Waals surface area (Å²) in [6, 6.07) is 1.46. The second-order valence-electron chi connectivity index (χ2n) is 5.39. The molecular weight excluding hydrogens is 336 g/mol. The molecule has 0 radical (unpaired) electrons. The van der Waals surface area contributed by atoms with Crippen molar-refractivity contribution in [2.24, 2.45) is 0 Å². The van der Waals surface area contributed by atoms with Crippen LogP contribution in [0.25, 0.3) is 0 Å². The van der Waals surface area contributed by atoms with Crippen LogP contribution >= 0.6 is 15.9 Å². The first-order chi connectivity index (χ1) is 9.97. The molecule has 1 fully saturated rings. The van der Waals surface area contributed by atoms with Gasteiger partial charge in [-0.3, -0.25) is 4.79 Å². The van der Waals surface area contributed by atoms with Crippen LogP contribution in [0.1, 0.15) is 32.5 Å². The van der Waals surface area contributed by atoms with Crippen LogP contribution in [0.5, 0.6) is 0 Å². The Morgan fingerprint density at radius 2 is 2.00 bits per heavy atom. The van der Waals surface area contributed by atoms with Crippen molar-refractivity contribution >= 4 is 27.7 Å². The molecule has 2 rings (SSSR count). The number of anilines is 1. The topological polar surface area (TPSA) is 67.4 Å². The molecule has 0 saturated carbocycles. The van der Waals surface area contributed by atoms with Gasteiger partial charge in [0.1, 0.15) is 22.3 Å². The fourth-order valence-corrected chi connectivity index (χ4v) is 2.51. The lowest BCUT2D eigenvalue weighted by Gasteiger charge is -2.29. The molecule has 2 heterocycles. The van der Waals surface area contributed by atoms with Crippen LogP contribution in [-0.2, 0) is 9.53 Å². The maximum atomic E-state index is 12.4. The number of halogens is 1. The monoisotopic (exact) mass is 356 g/mol. The molecule has 0 bridgehead atoms. The molecule has 116 valence electrons. The highest BCUT2D eigenvalue weighted by atomic mass is 79.9. The fourth-order valence-electron chi connectivity index (χ4n) is 2.11. The van der Waals surface area contributed by atoms with Gasteiger partial charge < -0.3 is 15.0 Å². The summed E-state index contributed by atoms with van der Waals surface area (Å²) in [6.45, 7) is 8.43. The largest absolute Gasteiger partial charge is 0.378 e. The van der Waals surface area contributed by atoms with Gasteiger partial charge in [-0.15, -0.1) is 0 Å². The molecule has 1 amide bonds. The number of nitrogens with one attached hydrogen (secondary N) is 1. The highest BCUT2D eigenvalue weighted by molar-refractivity contribution is 9.10. The Morgan fingerprint density at radius 3 is 2.62 bits per heavy atom. The Labute approximate surface area is 133 Å². The number of ether oxygens (including phenoxy) is 1. The first kappa shape index (κ1) is 16.2. The van der Waals surface area contributed by atoms with Crippen LogP contribution in [0, 0.1) is 0 Å². The van der Waals surface area contributed by atoms with E-state index >= 15 is 0 Å². The highest BCUT2D eigenvalue weighted by Gasteiger charge is 2.22. The normalized spacial score (nSPS) is 16.9. The van der Waals surface area contributed by atoms with E-state index in [2.05, 4.69) is 31.2 Å². The van der Waals surface area contributed by atoms with E-state index in [0.29, 0.717) is 32.1 Å². The van der Waals surface area contributed by atoms with Crippen LogP contribution in [0.4, 0.5) is 5.82 Å². The van der Waals surface area contributed by atoms with Crippen molar-refractivity contribution in [3.63, 3.8) is 0 Å². The van der Waals surface area contributed by atoms with Gasteiger partial charge >= 0.3 is 0 Å². The number of carbonyl (C=O) groups excluding carboxylic acids is 1. The summed E-state index contributed by atoms with van der Waals surface area (Å²) in [5.41, 5.74) is 0. The van der Waals surface area contributed by atoms with Gasteiger partial charge in [0.15, 0.2) is 0 Å². The molecule has 0 aromatic carbocycles. The molecule has 7 heteroatoms. The quantitative estimate of drug-likeness (QED) is 0.836. The Kier molecular flexibility index (Phi) is 5.52. The molecule has 1 aliphatic heterocycles. The molecule has 1 aromatic heterocycles. The van der Waals surface area contributed by atoms with Crippen molar-refractivity contribution in [1.82, 2.24) is 14.9 Å². The zero-order chi connectivity index (χ0) is 15.4. The van der Waals surface area contributed by atoms with E-state index in [9.17, 15) is 4.79 Å². The number of amides is 1. The van der Waals surface area contributed by atoms with E-state index in [4.69, 9.17) is 4.74 Å². The summed E-state index contributed by atoms with van der Waals surface area (Å²) < 4.78 is 5.98. The summed E-state index contributed by atoms with van der Waals surface area (Å²) in [4.78, 5) is 23.0. The summed E-state index contributed by atoms with van der Waals surface area (Å²) in [7, 11) is 0. The van der Waals surface area contributed by atoms with Crippen molar-refractivity contribution in [3.05, 3.63) is 16.5 Å². The van der Waals surface area contributed by atoms with Crippen LogP contribution in [-0.4, -0.2) is 53.1 Å². The maximum absolute atomic E-state index is 12.4. The standard InChI is InChI=1S/C14H21BrN4O2/c1-9(2)13-17-11(15)8-12(18-13)16-10(3)14(20)19-4-6-21-7-5-19/h8-10H,4-7H2,1-3H3,(H,16,17,18). The number of hydrogen-bond donors (Lipinski definition) is 1. The van der Waals surface area contributed by atoms with Gasteiger partial charge in [0, 0.05) is 25.1 Å².